The van der Waals surface area contributed by atoms with E-state index in [-0.39, 0.29) is 29.0 Å². The summed E-state index contributed by atoms with van der Waals surface area (Å²) in [5.74, 6) is -1.69. The minimum atomic E-state index is -1.16. The van der Waals surface area contributed by atoms with Gasteiger partial charge in [-0.1, -0.05) is 78.9 Å². The van der Waals surface area contributed by atoms with E-state index in [1.807, 2.05) is 91.9 Å². The fourth-order valence-electron chi connectivity index (χ4n) is 5.85. The molecule has 0 bridgehead atoms. The van der Waals surface area contributed by atoms with Crippen molar-refractivity contribution < 1.29 is 19.5 Å². The smallest absolute Gasteiger partial charge is 0.336 e. The molecule has 2 aromatic heterocycles. The molecule has 3 heterocycles. The van der Waals surface area contributed by atoms with E-state index in [4.69, 9.17) is 4.98 Å². The lowest BCUT2D eigenvalue weighted by atomic mass is 9.95. The fraction of sp³-hybridized carbons (Fsp3) is 0.194. The highest BCUT2D eigenvalue weighted by Crippen LogP contribution is 2.32. The van der Waals surface area contributed by atoms with Crippen LogP contribution >= 0.6 is 0 Å². The Kier molecular flexibility index (Phi) is 8.61. The average molecular weight is 600 g/mol. The first kappa shape index (κ1) is 29.7. The summed E-state index contributed by atoms with van der Waals surface area (Å²) in [6.45, 7) is 4.30. The van der Waals surface area contributed by atoms with Gasteiger partial charge in [0.05, 0.1) is 33.9 Å². The second-order valence-electron chi connectivity index (χ2n) is 11.1. The zero-order valence-corrected chi connectivity index (χ0v) is 24.9. The maximum absolute atomic E-state index is 14.2. The van der Waals surface area contributed by atoms with Gasteiger partial charge in [-0.15, -0.1) is 0 Å². The highest BCUT2D eigenvalue weighted by molar-refractivity contribution is 6.09. The lowest BCUT2D eigenvalue weighted by Gasteiger charge is -2.35. The van der Waals surface area contributed by atoms with Crippen molar-refractivity contribution in [3.8, 4) is 11.3 Å². The van der Waals surface area contributed by atoms with Crippen LogP contribution in [0.4, 0.5) is 0 Å². The molecule has 3 aromatic carbocycles. The summed E-state index contributed by atoms with van der Waals surface area (Å²) in [7, 11) is 0. The number of hydrogen-bond donors (Lipinski definition) is 2. The number of nitrogens with one attached hydrogen (secondary N) is 1. The van der Waals surface area contributed by atoms with Crippen molar-refractivity contribution in [2.45, 2.75) is 19.5 Å². The molecule has 0 radical (unpaired) electrons. The van der Waals surface area contributed by atoms with Crippen LogP contribution in [-0.2, 0) is 6.54 Å². The van der Waals surface area contributed by atoms with Gasteiger partial charge in [-0.3, -0.25) is 19.5 Å². The highest BCUT2D eigenvalue weighted by atomic mass is 16.4. The lowest BCUT2D eigenvalue weighted by Crippen LogP contribution is -2.48. The number of pyridine rings is 2. The van der Waals surface area contributed by atoms with E-state index < -0.39 is 5.97 Å². The van der Waals surface area contributed by atoms with Crippen LogP contribution < -0.4 is 5.32 Å². The summed E-state index contributed by atoms with van der Waals surface area (Å²) < 4.78 is 0. The lowest BCUT2D eigenvalue weighted by molar-refractivity contribution is 0.0608. The molecule has 1 atom stereocenters. The van der Waals surface area contributed by atoms with E-state index in [0.29, 0.717) is 38.3 Å². The number of piperazine rings is 1. The SMILES string of the molecule is C[C@H](NC(=O)c1c(CN2CCN(C(=O)c3cnccc3C(=O)O)CC2)c(-c2ccccc2)nc2ccccc12)c1ccccc1. The molecule has 9 nitrogen and oxygen atoms in total. The summed E-state index contributed by atoms with van der Waals surface area (Å²) in [5, 5.41) is 13.6. The van der Waals surface area contributed by atoms with Crippen LogP contribution in [0.15, 0.2) is 103 Å². The Morgan fingerprint density at radius 2 is 1.51 bits per heavy atom. The van der Waals surface area contributed by atoms with Crippen molar-refractivity contribution in [3.05, 3.63) is 131 Å². The number of aromatic carboxylic acids is 1. The number of carboxylic acids is 1. The molecule has 9 heteroatoms. The van der Waals surface area contributed by atoms with E-state index in [1.54, 1.807) is 4.90 Å². The molecule has 5 aromatic rings. The minimum Gasteiger partial charge on any atom is -0.478 e. The van der Waals surface area contributed by atoms with Crippen molar-refractivity contribution in [2.75, 3.05) is 26.2 Å². The van der Waals surface area contributed by atoms with Gasteiger partial charge in [0.25, 0.3) is 11.8 Å². The fourth-order valence-corrected chi connectivity index (χ4v) is 5.85. The van der Waals surface area contributed by atoms with E-state index in [9.17, 15) is 19.5 Å². The average Bonchev–Trinajstić information content (AvgIpc) is 3.08. The number of carbonyl (C=O) groups is 3. The number of amides is 2. The van der Waals surface area contributed by atoms with Crippen molar-refractivity contribution >= 4 is 28.7 Å². The van der Waals surface area contributed by atoms with Gasteiger partial charge in [-0.2, -0.15) is 0 Å². The third kappa shape index (κ3) is 6.30. The number of rotatable bonds is 8. The number of carboxylic acid groups (broad SMARTS) is 1. The van der Waals surface area contributed by atoms with Crippen molar-refractivity contribution in [3.63, 3.8) is 0 Å². The molecule has 1 aliphatic heterocycles. The predicted octanol–water partition coefficient (Wildman–Crippen LogP) is 5.44. The van der Waals surface area contributed by atoms with Crippen LogP contribution in [-0.4, -0.2) is 68.8 Å². The van der Waals surface area contributed by atoms with E-state index in [2.05, 4.69) is 15.2 Å². The molecule has 1 aliphatic rings. The highest BCUT2D eigenvalue weighted by Gasteiger charge is 2.29. The number of para-hydroxylation sites is 1. The van der Waals surface area contributed by atoms with Crippen LogP contribution in [0, 0.1) is 0 Å². The first-order chi connectivity index (χ1) is 21.9. The van der Waals surface area contributed by atoms with E-state index in [1.165, 1.54) is 18.5 Å². The summed E-state index contributed by atoms with van der Waals surface area (Å²) in [6.07, 6.45) is 2.68. The molecule has 2 N–H and O–H groups in total. The molecule has 2 amide bonds. The molecule has 226 valence electrons. The van der Waals surface area contributed by atoms with Gasteiger partial charge in [0, 0.05) is 61.6 Å². The van der Waals surface area contributed by atoms with Crippen LogP contribution in [0.1, 0.15) is 55.2 Å². The molecule has 0 unspecified atom stereocenters. The zero-order chi connectivity index (χ0) is 31.3. The third-order valence-corrected chi connectivity index (χ3v) is 8.24. The number of aromatic nitrogens is 2. The normalized spacial score (nSPS) is 14.2. The molecule has 1 fully saturated rings. The van der Waals surface area contributed by atoms with Crippen molar-refractivity contribution in [1.29, 1.82) is 0 Å². The Bertz CT molecular complexity index is 1850. The molecule has 1 saturated heterocycles. The Morgan fingerprint density at radius 1 is 0.844 bits per heavy atom. The Morgan fingerprint density at radius 3 is 2.22 bits per heavy atom. The summed E-state index contributed by atoms with van der Waals surface area (Å²) in [4.78, 5) is 52.1. The summed E-state index contributed by atoms with van der Waals surface area (Å²) >= 11 is 0. The second kappa shape index (κ2) is 13.1. The molecular formula is C36H33N5O4. The number of nitrogens with zero attached hydrogens (tertiary/aromatic N) is 4. The van der Waals surface area contributed by atoms with Crippen LogP contribution in [0.5, 0.6) is 0 Å². The Hall–Kier alpha value is -5.41. The topological polar surface area (TPSA) is 116 Å². The van der Waals surface area contributed by atoms with Gasteiger partial charge in [0.2, 0.25) is 0 Å². The largest absolute Gasteiger partial charge is 0.478 e. The number of hydrogen-bond acceptors (Lipinski definition) is 6. The van der Waals surface area contributed by atoms with Gasteiger partial charge in [0.1, 0.15) is 0 Å². The van der Waals surface area contributed by atoms with Gasteiger partial charge >= 0.3 is 5.97 Å². The number of benzene rings is 3. The molecule has 0 spiro atoms. The molecule has 0 saturated carbocycles. The van der Waals surface area contributed by atoms with Gasteiger partial charge in [0.15, 0.2) is 0 Å². The van der Waals surface area contributed by atoms with Crippen molar-refractivity contribution in [2.24, 2.45) is 0 Å². The second-order valence-corrected chi connectivity index (χ2v) is 11.1. The van der Waals surface area contributed by atoms with Crippen molar-refractivity contribution in [1.82, 2.24) is 25.1 Å². The zero-order valence-electron chi connectivity index (χ0n) is 24.9. The monoisotopic (exact) mass is 599 g/mol. The molecule has 0 aliphatic carbocycles. The minimum absolute atomic E-state index is 0.0624. The van der Waals surface area contributed by atoms with E-state index in [0.717, 1.165) is 33.3 Å². The first-order valence-electron chi connectivity index (χ1n) is 14.9. The summed E-state index contributed by atoms with van der Waals surface area (Å²) in [6, 6.07) is 28.6. The molecule has 45 heavy (non-hydrogen) atoms. The predicted molar refractivity (Wildman–Crippen MR) is 172 cm³/mol. The Balaban J connectivity index is 1.33. The van der Waals surface area contributed by atoms with Crippen LogP contribution in [0.2, 0.25) is 0 Å². The maximum Gasteiger partial charge on any atom is 0.336 e. The number of carbonyl (C=O) groups excluding carboxylic acids is 2. The quantitative estimate of drug-likeness (QED) is 0.244. The summed E-state index contributed by atoms with van der Waals surface area (Å²) in [5.41, 5.74) is 4.82. The maximum atomic E-state index is 14.2. The van der Waals surface area contributed by atoms with E-state index >= 15 is 0 Å². The van der Waals surface area contributed by atoms with Crippen LogP contribution in [0.25, 0.3) is 22.2 Å². The number of fused-ring (bicyclic) bond motifs is 1. The van der Waals surface area contributed by atoms with Gasteiger partial charge in [-0.05, 0) is 24.6 Å². The third-order valence-electron chi connectivity index (χ3n) is 8.24. The first-order valence-corrected chi connectivity index (χ1v) is 14.9. The van der Waals surface area contributed by atoms with Gasteiger partial charge in [-0.25, -0.2) is 9.78 Å². The molecular weight excluding hydrogens is 566 g/mol. The van der Waals surface area contributed by atoms with Crippen LogP contribution in [0.3, 0.4) is 0 Å². The van der Waals surface area contributed by atoms with Gasteiger partial charge < -0.3 is 15.3 Å². The Labute approximate surface area is 261 Å². The standard InChI is InChI=1S/C36H33N5O4/c1-24(25-10-4-2-5-11-25)38-34(42)32-28-14-8-9-15-31(28)39-33(26-12-6-3-7-13-26)30(32)23-40-18-20-41(21-19-40)35(43)29-22-37-17-16-27(29)36(44)45/h2-17,22,24H,18-21,23H2,1H3,(H,38,42)(H,44,45)/t24-/m0/s1. The molecule has 6 rings (SSSR count).